The molecule has 1 aliphatic heterocycles. The Kier molecular flexibility index (Phi) is 9.01. The molecule has 2 heterocycles. The van der Waals surface area contributed by atoms with Gasteiger partial charge in [0.2, 0.25) is 11.1 Å². The zero-order valence-corrected chi connectivity index (χ0v) is 25.6. The molecule has 9 heteroatoms. The Labute approximate surface area is 255 Å². The highest BCUT2D eigenvalue weighted by atomic mass is 32.2. The highest BCUT2D eigenvalue weighted by Crippen LogP contribution is 2.37. The Morgan fingerprint density at radius 2 is 1.81 bits per heavy atom. The van der Waals surface area contributed by atoms with E-state index in [2.05, 4.69) is 61.9 Å². The van der Waals surface area contributed by atoms with Crippen LogP contribution in [0.1, 0.15) is 56.0 Å². The number of ether oxygens (including phenoxy) is 2. The molecule has 0 fully saturated rings. The van der Waals surface area contributed by atoms with Crippen LogP contribution in [0.4, 0.5) is 10.3 Å². The van der Waals surface area contributed by atoms with E-state index in [1.165, 1.54) is 29.5 Å². The summed E-state index contributed by atoms with van der Waals surface area (Å²) in [5.74, 6) is 0.804. The van der Waals surface area contributed by atoms with Gasteiger partial charge in [-0.25, -0.2) is 13.9 Å². The molecule has 1 atom stereocenters. The minimum absolute atomic E-state index is 0.0831. The predicted molar refractivity (Wildman–Crippen MR) is 168 cm³/mol. The van der Waals surface area contributed by atoms with Crippen molar-refractivity contribution >= 4 is 23.7 Å². The summed E-state index contributed by atoms with van der Waals surface area (Å²) >= 11 is 1.32. The number of hydrogen-bond acceptors (Lipinski definition) is 7. The number of hydrogen-bond donors (Lipinski definition) is 1. The quantitative estimate of drug-likeness (QED) is 0.114. The topological polar surface area (TPSA) is 78.3 Å². The lowest BCUT2D eigenvalue weighted by Crippen LogP contribution is -2.29. The van der Waals surface area contributed by atoms with Crippen LogP contribution < -0.4 is 10.1 Å². The Balaban J connectivity index is 1.38. The van der Waals surface area contributed by atoms with Crippen molar-refractivity contribution in [3.05, 3.63) is 125 Å². The van der Waals surface area contributed by atoms with Gasteiger partial charge in [-0.15, -0.1) is 5.10 Å². The molecule has 7 nitrogen and oxygen atoms in total. The maximum atomic E-state index is 14.2. The summed E-state index contributed by atoms with van der Waals surface area (Å²) in [5, 5.41) is 8.36. The number of anilines is 1. The third kappa shape index (κ3) is 7.00. The number of thioether (sulfide) groups is 1. The van der Waals surface area contributed by atoms with Gasteiger partial charge in [-0.2, -0.15) is 4.98 Å². The van der Waals surface area contributed by atoms with Crippen LogP contribution in [0.2, 0.25) is 0 Å². The first-order chi connectivity index (χ1) is 20.6. The van der Waals surface area contributed by atoms with E-state index in [0.29, 0.717) is 46.0 Å². The van der Waals surface area contributed by atoms with E-state index >= 15 is 0 Å². The molecule has 1 unspecified atom stereocenters. The number of carbonyl (C=O) groups is 1. The highest BCUT2D eigenvalue weighted by Gasteiger charge is 2.35. The summed E-state index contributed by atoms with van der Waals surface area (Å²) in [6, 6.07) is 22.1. The van der Waals surface area contributed by atoms with Gasteiger partial charge in [0.1, 0.15) is 30.8 Å². The fourth-order valence-corrected chi connectivity index (χ4v) is 5.56. The van der Waals surface area contributed by atoms with E-state index < -0.39 is 12.0 Å². The van der Waals surface area contributed by atoms with Crippen molar-refractivity contribution < 1.29 is 18.7 Å². The molecule has 222 valence electrons. The number of esters is 1. The maximum absolute atomic E-state index is 14.2. The normalized spacial score (nSPS) is 14.6. The van der Waals surface area contributed by atoms with Gasteiger partial charge in [-0.1, -0.05) is 99.8 Å². The van der Waals surface area contributed by atoms with Crippen LogP contribution in [0.15, 0.2) is 102 Å². The molecular formula is C34H35FN4O3S. The molecule has 0 bridgehead atoms. The maximum Gasteiger partial charge on any atom is 0.338 e. The Hall–Kier alpha value is -4.37. The summed E-state index contributed by atoms with van der Waals surface area (Å²) in [5.41, 5.74) is 4.85. The Morgan fingerprint density at radius 1 is 1.09 bits per heavy atom. The molecule has 5 rings (SSSR count). The second-order valence-electron chi connectivity index (χ2n) is 11.3. The average molecular weight is 599 g/mol. The van der Waals surface area contributed by atoms with Gasteiger partial charge in [0.15, 0.2) is 0 Å². The minimum atomic E-state index is -0.595. The van der Waals surface area contributed by atoms with E-state index in [1.807, 2.05) is 31.2 Å². The van der Waals surface area contributed by atoms with E-state index in [9.17, 15) is 9.18 Å². The molecule has 1 aliphatic rings. The second-order valence-corrected chi connectivity index (χ2v) is 12.2. The van der Waals surface area contributed by atoms with Crippen molar-refractivity contribution in [3.8, 4) is 5.75 Å². The number of carbonyl (C=O) groups excluding carboxylic acids is 1. The molecule has 0 aliphatic carbocycles. The van der Waals surface area contributed by atoms with Crippen molar-refractivity contribution in [1.82, 2.24) is 14.8 Å². The zero-order chi connectivity index (χ0) is 30.6. The molecule has 0 saturated heterocycles. The summed E-state index contributed by atoms with van der Waals surface area (Å²) in [6.45, 7) is 12.6. The summed E-state index contributed by atoms with van der Waals surface area (Å²) < 4.78 is 27.4. The zero-order valence-electron chi connectivity index (χ0n) is 24.8. The van der Waals surface area contributed by atoms with Crippen LogP contribution >= 0.6 is 11.8 Å². The predicted octanol–water partition coefficient (Wildman–Crippen LogP) is 7.60. The van der Waals surface area contributed by atoms with Crippen LogP contribution in [0.25, 0.3) is 0 Å². The first-order valence-corrected chi connectivity index (χ1v) is 15.0. The largest absolute Gasteiger partial charge is 0.489 e. The van der Waals surface area contributed by atoms with Gasteiger partial charge < -0.3 is 14.8 Å². The van der Waals surface area contributed by atoms with Gasteiger partial charge >= 0.3 is 5.97 Å². The lowest BCUT2D eigenvalue weighted by Gasteiger charge is -2.28. The number of nitrogens with one attached hydrogen (secondary N) is 1. The van der Waals surface area contributed by atoms with Crippen LogP contribution in [-0.4, -0.2) is 27.3 Å². The molecule has 1 N–H and O–H groups in total. The SMILES string of the molecule is C=CCOC(=O)C1=C(C)Nc2nc(SCc3ccccc3F)nn2C1c1ccc(OCc2ccc(C(C)(C)C)cc2)cc1. The van der Waals surface area contributed by atoms with E-state index in [1.54, 1.807) is 22.9 Å². The third-order valence-corrected chi connectivity index (χ3v) is 8.01. The van der Waals surface area contributed by atoms with Crippen molar-refractivity contribution in [2.45, 2.75) is 56.7 Å². The van der Waals surface area contributed by atoms with Gasteiger partial charge in [0.25, 0.3) is 0 Å². The average Bonchev–Trinajstić information content (AvgIpc) is 3.40. The molecule has 0 radical (unpaired) electrons. The van der Waals surface area contributed by atoms with Gasteiger partial charge in [-0.3, -0.25) is 0 Å². The monoisotopic (exact) mass is 598 g/mol. The number of aromatic nitrogens is 3. The first kappa shape index (κ1) is 30.1. The fourth-order valence-electron chi connectivity index (χ4n) is 4.75. The Bertz CT molecular complexity index is 1640. The molecule has 0 amide bonds. The van der Waals surface area contributed by atoms with Gasteiger partial charge in [0.05, 0.1) is 5.57 Å². The van der Waals surface area contributed by atoms with Crippen molar-refractivity contribution in [2.24, 2.45) is 0 Å². The molecule has 43 heavy (non-hydrogen) atoms. The summed E-state index contributed by atoms with van der Waals surface area (Å²) in [6.07, 6.45) is 1.53. The number of allylic oxidation sites excluding steroid dienone is 1. The van der Waals surface area contributed by atoms with Crippen LogP contribution in [0, 0.1) is 5.82 Å². The third-order valence-electron chi connectivity index (χ3n) is 7.12. The van der Waals surface area contributed by atoms with Crippen LogP contribution in [0.3, 0.4) is 0 Å². The first-order valence-electron chi connectivity index (χ1n) is 14.0. The summed E-state index contributed by atoms with van der Waals surface area (Å²) in [7, 11) is 0. The van der Waals surface area contributed by atoms with Crippen molar-refractivity contribution in [3.63, 3.8) is 0 Å². The number of rotatable bonds is 10. The summed E-state index contributed by atoms with van der Waals surface area (Å²) in [4.78, 5) is 17.9. The minimum Gasteiger partial charge on any atom is -0.489 e. The van der Waals surface area contributed by atoms with Crippen molar-refractivity contribution in [2.75, 3.05) is 11.9 Å². The second kappa shape index (κ2) is 12.9. The molecule has 3 aromatic carbocycles. The number of fused-ring (bicyclic) bond motifs is 1. The van der Waals surface area contributed by atoms with Gasteiger partial charge in [-0.05, 0) is 52.8 Å². The number of benzene rings is 3. The van der Waals surface area contributed by atoms with Crippen LogP contribution in [-0.2, 0) is 27.3 Å². The van der Waals surface area contributed by atoms with E-state index in [-0.39, 0.29) is 17.8 Å². The standard InChI is InChI=1S/C34H35FN4O3S/c1-6-19-41-31(40)29-22(2)36-32-37-33(43-21-25-9-7-8-10-28(25)35)38-39(32)30(29)24-13-17-27(18-14-24)42-20-23-11-15-26(16-12-23)34(3,4)5/h6-18,30H,1,19-21H2,2-5H3,(H,36,37,38). The Morgan fingerprint density at radius 3 is 2.49 bits per heavy atom. The number of nitrogens with zero attached hydrogens (tertiary/aromatic N) is 3. The van der Waals surface area contributed by atoms with E-state index in [0.717, 1.165) is 11.1 Å². The molecule has 0 spiro atoms. The molecule has 4 aromatic rings. The van der Waals surface area contributed by atoms with Crippen molar-refractivity contribution in [1.29, 1.82) is 0 Å². The lowest BCUT2D eigenvalue weighted by atomic mass is 9.87. The van der Waals surface area contributed by atoms with E-state index in [4.69, 9.17) is 14.6 Å². The smallest absolute Gasteiger partial charge is 0.338 e. The van der Waals surface area contributed by atoms with Gasteiger partial charge in [0, 0.05) is 11.4 Å². The molecule has 0 saturated carbocycles. The van der Waals surface area contributed by atoms with Crippen LogP contribution in [0.5, 0.6) is 5.75 Å². The fraction of sp³-hybridized carbons (Fsp3) is 0.265. The highest BCUT2D eigenvalue weighted by molar-refractivity contribution is 7.98. The lowest BCUT2D eigenvalue weighted by molar-refractivity contribution is -0.138. The number of halogens is 1. The molecule has 1 aromatic heterocycles. The molecular weight excluding hydrogens is 563 g/mol.